The van der Waals surface area contributed by atoms with E-state index < -0.39 is 6.10 Å². The van der Waals surface area contributed by atoms with E-state index in [0.717, 1.165) is 29.9 Å². The van der Waals surface area contributed by atoms with Gasteiger partial charge in [0, 0.05) is 12.0 Å². The molecule has 1 aliphatic carbocycles. The molecule has 2 unspecified atom stereocenters. The quantitative estimate of drug-likeness (QED) is 0.830. The standard InChI is InChI=1S/C15H20O3/c1-10-5-6-15(8-10)9-13(16)12-7-11(17-2)3-4-14(12)18-15/h3-4,7,10,13,16H,5-6,8-9H2,1-2H3/t10?,13-,15?/m1/s1. The molecule has 0 radical (unpaired) electrons. The van der Waals surface area contributed by atoms with Crippen LogP contribution in [-0.2, 0) is 0 Å². The number of aliphatic hydroxyl groups is 1. The first-order valence-corrected chi connectivity index (χ1v) is 6.67. The summed E-state index contributed by atoms with van der Waals surface area (Å²) in [6, 6.07) is 5.69. The minimum absolute atomic E-state index is 0.138. The molecule has 3 heteroatoms. The summed E-state index contributed by atoms with van der Waals surface area (Å²) in [4.78, 5) is 0. The predicted octanol–water partition coefficient (Wildman–Crippen LogP) is 3.07. The average molecular weight is 248 g/mol. The molecule has 1 heterocycles. The van der Waals surface area contributed by atoms with Crippen LogP contribution in [0.25, 0.3) is 0 Å². The number of hydrogen-bond donors (Lipinski definition) is 1. The molecule has 3 nitrogen and oxygen atoms in total. The summed E-state index contributed by atoms with van der Waals surface area (Å²) in [5.74, 6) is 2.28. The van der Waals surface area contributed by atoms with Gasteiger partial charge in [0.1, 0.15) is 17.1 Å². The maximum absolute atomic E-state index is 10.4. The minimum atomic E-state index is -0.436. The van der Waals surface area contributed by atoms with E-state index in [1.165, 1.54) is 6.42 Å². The van der Waals surface area contributed by atoms with Crippen LogP contribution in [0.2, 0.25) is 0 Å². The van der Waals surface area contributed by atoms with Gasteiger partial charge in [-0.15, -0.1) is 0 Å². The highest BCUT2D eigenvalue weighted by Gasteiger charge is 2.45. The first-order valence-electron chi connectivity index (χ1n) is 6.67. The van der Waals surface area contributed by atoms with E-state index in [1.807, 2.05) is 18.2 Å². The van der Waals surface area contributed by atoms with Crippen LogP contribution in [0.15, 0.2) is 18.2 Å². The average Bonchev–Trinajstić information content (AvgIpc) is 2.70. The summed E-state index contributed by atoms with van der Waals surface area (Å²) < 4.78 is 11.4. The SMILES string of the molecule is COc1ccc2c(c1)[C@H](O)CC1(CCC(C)C1)O2. The highest BCUT2D eigenvalue weighted by atomic mass is 16.5. The first kappa shape index (κ1) is 11.8. The molecule has 1 saturated carbocycles. The van der Waals surface area contributed by atoms with Gasteiger partial charge < -0.3 is 14.6 Å². The second-order valence-electron chi connectivity index (χ2n) is 5.76. The number of hydrogen-bond acceptors (Lipinski definition) is 3. The van der Waals surface area contributed by atoms with Crippen LogP contribution in [0.5, 0.6) is 11.5 Å². The molecule has 3 rings (SSSR count). The van der Waals surface area contributed by atoms with Gasteiger partial charge in [-0.1, -0.05) is 6.92 Å². The molecule has 1 aromatic rings. The number of rotatable bonds is 1. The Balaban J connectivity index is 1.93. The van der Waals surface area contributed by atoms with Crippen LogP contribution in [0.1, 0.15) is 44.3 Å². The zero-order valence-corrected chi connectivity index (χ0v) is 11.0. The third-order valence-corrected chi connectivity index (χ3v) is 4.28. The predicted molar refractivity (Wildman–Crippen MR) is 68.9 cm³/mol. The van der Waals surface area contributed by atoms with E-state index in [-0.39, 0.29) is 5.60 Å². The molecule has 0 aromatic heterocycles. The Morgan fingerprint density at radius 1 is 1.39 bits per heavy atom. The van der Waals surface area contributed by atoms with Crippen LogP contribution in [0.4, 0.5) is 0 Å². The summed E-state index contributed by atoms with van der Waals surface area (Å²) in [6.45, 7) is 2.26. The monoisotopic (exact) mass is 248 g/mol. The largest absolute Gasteiger partial charge is 0.497 e. The fourth-order valence-corrected chi connectivity index (χ4v) is 3.37. The highest BCUT2D eigenvalue weighted by Crippen LogP contribution is 2.49. The lowest BCUT2D eigenvalue weighted by molar-refractivity contribution is -0.0117. The molecule has 2 aliphatic rings. The van der Waals surface area contributed by atoms with Gasteiger partial charge in [0.25, 0.3) is 0 Å². The molecule has 0 saturated heterocycles. The summed E-state index contributed by atoms with van der Waals surface area (Å²) in [6.07, 6.45) is 3.57. The Morgan fingerprint density at radius 3 is 2.89 bits per heavy atom. The van der Waals surface area contributed by atoms with Gasteiger partial charge in [-0.3, -0.25) is 0 Å². The Morgan fingerprint density at radius 2 is 2.22 bits per heavy atom. The molecule has 1 fully saturated rings. The van der Waals surface area contributed by atoms with Crippen LogP contribution in [0.3, 0.4) is 0 Å². The van der Waals surface area contributed by atoms with Crippen molar-refractivity contribution in [3.05, 3.63) is 23.8 Å². The van der Waals surface area contributed by atoms with Gasteiger partial charge in [-0.2, -0.15) is 0 Å². The lowest BCUT2D eigenvalue weighted by Crippen LogP contribution is -2.38. The summed E-state index contributed by atoms with van der Waals surface area (Å²) >= 11 is 0. The minimum Gasteiger partial charge on any atom is -0.497 e. The maximum atomic E-state index is 10.4. The second kappa shape index (κ2) is 4.16. The van der Waals surface area contributed by atoms with E-state index in [0.29, 0.717) is 12.3 Å². The fourth-order valence-electron chi connectivity index (χ4n) is 3.37. The lowest BCUT2D eigenvalue weighted by Gasteiger charge is -2.38. The normalized spacial score (nSPS) is 34.2. The van der Waals surface area contributed by atoms with E-state index in [1.54, 1.807) is 7.11 Å². The molecular weight excluding hydrogens is 228 g/mol. The van der Waals surface area contributed by atoms with Gasteiger partial charge in [0.05, 0.1) is 13.2 Å². The van der Waals surface area contributed by atoms with Crippen LogP contribution < -0.4 is 9.47 Å². The van der Waals surface area contributed by atoms with Gasteiger partial charge in [-0.05, 0) is 43.4 Å². The number of fused-ring (bicyclic) bond motifs is 1. The first-order chi connectivity index (χ1) is 8.62. The molecule has 1 N–H and O–H groups in total. The van der Waals surface area contributed by atoms with Crippen molar-refractivity contribution < 1.29 is 14.6 Å². The van der Waals surface area contributed by atoms with Crippen LogP contribution in [0, 0.1) is 5.92 Å². The van der Waals surface area contributed by atoms with E-state index in [2.05, 4.69) is 6.92 Å². The zero-order chi connectivity index (χ0) is 12.8. The molecule has 1 aromatic carbocycles. The van der Waals surface area contributed by atoms with Gasteiger partial charge in [0.15, 0.2) is 0 Å². The highest BCUT2D eigenvalue weighted by molar-refractivity contribution is 5.43. The van der Waals surface area contributed by atoms with Crippen molar-refractivity contribution in [1.82, 2.24) is 0 Å². The maximum Gasteiger partial charge on any atom is 0.126 e. The number of ether oxygens (including phenoxy) is 2. The fraction of sp³-hybridized carbons (Fsp3) is 0.600. The Bertz CT molecular complexity index is 457. The van der Waals surface area contributed by atoms with Crippen molar-refractivity contribution in [3.8, 4) is 11.5 Å². The summed E-state index contributed by atoms with van der Waals surface area (Å²) in [7, 11) is 1.64. The Kier molecular flexibility index (Phi) is 2.74. The van der Waals surface area contributed by atoms with Crippen molar-refractivity contribution in [2.24, 2.45) is 5.92 Å². The third-order valence-electron chi connectivity index (χ3n) is 4.28. The molecule has 18 heavy (non-hydrogen) atoms. The number of aliphatic hydroxyl groups excluding tert-OH is 1. The van der Waals surface area contributed by atoms with Crippen molar-refractivity contribution in [1.29, 1.82) is 0 Å². The molecular formula is C15H20O3. The van der Waals surface area contributed by atoms with Crippen LogP contribution >= 0.6 is 0 Å². The van der Waals surface area contributed by atoms with Crippen LogP contribution in [-0.4, -0.2) is 17.8 Å². The Labute approximate surface area is 108 Å². The second-order valence-corrected chi connectivity index (χ2v) is 5.76. The molecule has 1 spiro atoms. The van der Waals surface area contributed by atoms with Gasteiger partial charge >= 0.3 is 0 Å². The molecule has 0 bridgehead atoms. The smallest absolute Gasteiger partial charge is 0.126 e. The zero-order valence-electron chi connectivity index (χ0n) is 11.0. The van der Waals surface area contributed by atoms with Crippen molar-refractivity contribution in [2.45, 2.75) is 44.3 Å². The molecule has 3 atom stereocenters. The lowest BCUT2D eigenvalue weighted by atomic mass is 9.87. The van der Waals surface area contributed by atoms with Gasteiger partial charge in [-0.25, -0.2) is 0 Å². The van der Waals surface area contributed by atoms with Crippen molar-refractivity contribution in [3.63, 3.8) is 0 Å². The van der Waals surface area contributed by atoms with E-state index in [4.69, 9.17) is 9.47 Å². The molecule has 1 aliphatic heterocycles. The van der Waals surface area contributed by atoms with E-state index in [9.17, 15) is 5.11 Å². The van der Waals surface area contributed by atoms with E-state index >= 15 is 0 Å². The van der Waals surface area contributed by atoms with Crippen molar-refractivity contribution >= 4 is 0 Å². The third kappa shape index (κ3) is 1.87. The Hall–Kier alpha value is -1.22. The molecule has 0 amide bonds. The summed E-state index contributed by atoms with van der Waals surface area (Å²) in [5, 5.41) is 10.4. The molecule has 98 valence electrons. The number of methoxy groups -OCH3 is 1. The number of benzene rings is 1. The topological polar surface area (TPSA) is 38.7 Å². The van der Waals surface area contributed by atoms with Crippen molar-refractivity contribution in [2.75, 3.05) is 7.11 Å². The summed E-state index contributed by atoms with van der Waals surface area (Å²) in [5.41, 5.74) is 0.722. The van der Waals surface area contributed by atoms with Gasteiger partial charge in [0.2, 0.25) is 0 Å².